The largest absolute Gasteiger partial charge is 0.496 e. The Morgan fingerprint density at radius 2 is 1.84 bits per heavy atom. The van der Waals surface area contributed by atoms with Crippen LogP contribution in [0, 0.1) is 6.92 Å². The van der Waals surface area contributed by atoms with Gasteiger partial charge in [0.05, 0.1) is 24.3 Å². The third-order valence-electron chi connectivity index (χ3n) is 4.63. The summed E-state index contributed by atoms with van der Waals surface area (Å²) in [5, 5.41) is 0. The molecule has 1 aliphatic rings. The number of rotatable bonds is 5. The lowest BCUT2D eigenvalue weighted by atomic mass is 9.97. The second-order valence-electron chi connectivity index (χ2n) is 6.28. The summed E-state index contributed by atoms with van der Waals surface area (Å²) in [5.41, 5.74) is 3.84. The first-order valence-corrected chi connectivity index (χ1v) is 8.95. The van der Waals surface area contributed by atoms with Crippen molar-refractivity contribution in [2.75, 3.05) is 14.2 Å². The van der Waals surface area contributed by atoms with Crippen LogP contribution in [-0.2, 0) is 6.61 Å². The molecule has 25 heavy (non-hydrogen) atoms. The second kappa shape index (κ2) is 7.08. The highest BCUT2D eigenvalue weighted by atomic mass is 79.9. The van der Waals surface area contributed by atoms with E-state index in [0.29, 0.717) is 30.3 Å². The van der Waals surface area contributed by atoms with Crippen molar-refractivity contribution in [3.63, 3.8) is 0 Å². The monoisotopic (exact) mass is 404 g/mol. The van der Waals surface area contributed by atoms with Gasteiger partial charge in [0.1, 0.15) is 23.9 Å². The molecule has 0 heterocycles. The van der Waals surface area contributed by atoms with Crippen molar-refractivity contribution in [3.8, 4) is 17.2 Å². The maximum absolute atomic E-state index is 12.4. The number of fused-ring (bicyclic) bond motifs is 1. The molecule has 0 aliphatic heterocycles. The molecule has 0 fully saturated rings. The van der Waals surface area contributed by atoms with Gasteiger partial charge in [0.15, 0.2) is 5.78 Å². The van der Waals surface area contributed by atoms with Gasteiger partial charge in [-0.2, -0.15) is 0 Å². The normalized spacial score (nSPS) is 15.9. The van der Waals surface area contributed by atoms with Gasteiger partial charge < -0.3 is 14.2 Å². The smallest absolute Gasteiger partial charge is 0.167 e. The summed E-state index contributed by atoms with van der Waals surface area (Å²) in [7, 11) is 3.23. The molecular formula is C20H21BrO4. The number of hydrogen-bond acceptors (Lipinski definition) is 4. The number of aryl methyl sites for hydroxylation is 1. The predicted octanol–water partition coefficient (Wildman–Crippen LogP) is 5.04. The number of hydrogen-bond donors (Lipinski definition) is 0. The highest BCUT2D eigenvalue weighted by Gasteiger charge is 2.31. The molecule has 0 amide bonds. The highest BCUT2D eigenvalue weighted by Crippen LogP contribution is 2.41. The molecule has 2 aromatic carbocycles. The van der Waals surface area contributed by atoms with Gasteiger partial charge in [-0.05, 0) is 58.1 Å². The summed E-state index contributed by atoms with van der Waals surface area (Å²) in [5.74, 6) is 2.45. The minimum absolute atomic E-state index is 0.154. The predicted molar refractivity (Wildman–Crippen MR) is 100 cm³/mol. The minimum atomic E-state index is 0.154. The third-order valence-corrected chi connectivity index (χ3v) is 5.25. The molecule has 1 unspecified atom stereocenters. The molecule has 0 aromatic heterocycles. The summed E-state index contributed by atoms with van der Waals surface area (Å²) in [4.78, 5) is 12.4. The first-order chi connectivity index (χ1) is 12.0. The van der Waals surface area contributed by atoms with E-state index in [-0.39, 0.29) is 11.7 Å². The number of carbonyl (C=O) groups is 1. The van der Waals surface area contributed by atoms with E-state index in [1.165, 1.54) is 0 Å². The summed E-state index contributed by atoms with van der Waals surface area (Å²) in [6.45, 7) is 4.42. The van der Waals surface area contributed by atoms with Crippen molar-refractivity contribution < 1.29 is 19.0 Å². The lowest BCUT2D eigenvalue weighted by molar-refractivity contribution is 0.0986. The third kappa shape index (κ3) is 3.25. The standard InChI is InChI=1S/C20H21BrO4/c1-11-5-6-16(20-15(22)7-12(2)19(11)20)25-10-13-8-18(24-4)14(21)9-17(13)23-3/h5-6,8-9,12H,7,10H2,1-4H3. The van der Waals surface area contributed by atoms with Crippen molar-refractivity contribution in [2.45, 2.75) is 32.8 Å². The zero-order valence-electron chi connectivity index (χ0n) is 14.8. The zero-order valence-corrected chi connectivity index (χ0v) is 16.4. The van der Waals surface area contributed by atoms with Gasteiger partial charge in [-0.3, -0.25) is 4.79 Å². The van der Waals surface area contributed by atoms with E-state index in [2.05, 4.69) is 22.9 Å². The van der Waals surface area contributed by atoms with Gasteiger partial charge in [-0.15, -0.1) is 0 Å². The summed E-state index contributed by atoms with van der Waals surface area (Å²) >= 11 is 3.45. The van der Waals surface area contributed by atoms with Crippen molar-refractivity contribution >= 4 is 21.7 Å². The van der Waals surface area contributed by atoms with E-state index < -0.39 is 0 Å². The molecule has 5 heteroatoms. The lowest BCUT2D eigenvalue weighted by Gasteiger charge is -2.16. The average Bonchev–Trinajstić information content (AvgIpc) is 2.90. The Morgan fingerprint density at radius 3 is 2.52 bits per heavy atom. The van der Waals surface area contributed by atoms with Crippen LogP contribution in [0.15, 0.2) is 28.7 Å². The number of Topliss-reactive ketones (excluding diaryl/α,β-unsaturated/α-hetero) is 1. The van der Waals surface area contributed by atoms with Crippen LogP contribution in [0.25, 0.3) is 0 Å². The van der Waals surface area contributed by atoms with E-state index in [4.69, 9.17) is 14.2 Å². The molecule has 1 atom stereocenters. The molecule has 1 aliphatic carbocycles. The molecule has 0 saturated heterocycles. The Balaban J connectivity index is 1.92. The molecule has 0 radical (unpaired) electrons. The van der Waals surface area contributed by atoms with Gasteiger partial charge in [0, 0.05) is 12.0 Å². The van der Waals surface area contributed by atoms with Crippen LogP contribution < -0.4 is 14.2 Å². The number of ketones is 1. The number of ether oxygens (including phenoxy) is 3. The van der Waals surface area contributed by atoms with E-state index in [1.807, 2.05) is 31.2 Å². The first-order valence-electron chi connectivity index (χ1n) is 8.16. The summed E-state index contributed by atoms with van der Waals surface area (Å²) < 4.78 is 17.6. The number of halogens is 1. The molecule has 0 spiro atoms. The highest BCUT2D eigenvalue weighted by molar-refractivity contribution is 9.10. The van der Waals surface area contributed by atoms with Crippen LogP contribution in [0.2, 0.25) is 0 Å². The fraction of sp³-hybridized carbons (Fsp3) is 0.350. The van der Waals surface area contributed by atoms with Gasteiger partial charge in [0.2, 0.25) is 0 Å². The molecule has 3 rings (SSSR count). The average molecular weight is 405 g/mol. The van der Waals surface area contributed by atoms with Gasteiger partial charge in [-0.1, -0.05) is 13.0 Å². The Labute approximate surface area is 156 Å². The Morgan fingerprint density at radius 1 is 1.12 bits per heavy atom. The molecular weight excluding hydrogens is 384 g/mol. The van der Waals surface area contributed by atoms with Crippen LogP contribution in [0.3, 0.4) is 0 Å². The van der Waals surface area contributed by atoms with Crippen LogP contribution in [0.5, 0.6) is 17.2 Å². The van der Waals surface area contributed by atoms with Gasteiger partial charge in [-0.25, -0.2) is 0 Å². The summed E-state index contributed by atoms with van der Waals surface area (Å²) in [6.07, 6.45) is 0.548. The Bertz CT molecular complexity index is 829. The van der Waals surface area contributed by atoms with Crippen molar-refractivity contribution in [2.24, 2.45) is 0 Å². The Kier molecular flexibility index (Phi) is 5.04. The summed E-state index contributed by atoms with van der Waals surface area (Å²) in [6, 6.07) is 7.63. The van der Waals surface area contributed by atoms with Gasteiger partial charge in [0.25, 0.3) is 0 Å². The zero-order chi connectivity index (χ0) is 18.1. The molecule has 0 bridgehead atoms. The first kappa shape index (κ1) is 17.8. The minimum Gasteiger partial charge on any atom is -0.496 e. The molecule has 0 saturated carbocycles. The topological polar surface area (TPSA) is 44.8 Å². The fourth-order valence-corrected chi connectivity index (χ4v) is 3.91. The van der Waals surface area contributed by atoms with Gasteiger partial charge >= 0.3 is 0 Å². The quantitative estimate of drug-likeness (QED) is 0.699. The molecule has 2 aromatic rings. The van der Waals surface area contributed by atoms with Crippen molar-refractivity contribution in [1.82, 2.24) is 0 Å². The van der Waals surface area contributed by atoms with E-state index in [0.717, 1.165) is 26.7 Å². The van der Waals surface area contributed by atoms with Crippen LogP contribution in [0.4, 0.5) is 0 Å². The van der Waals surface area contributed by atoms with E-state index in [9.17, 15) is 4.79 Å². The number of methoxy groups -OCH3 is 2. The van der Waals surface area contributed by atoms with E-state index in [1.54, 1.807) is 14.2 Å². The number of carbonyl (C=O) groups excluding carboxylic acids is 1. The van der Waals surface area contributed by atoms with Crippen LogP contribution in [-0.4, -0.2) is 20.0 Å². The molecule has 132 valence electrons. The van der Waals surface area contributed by atoms with E-state index >= 15 is 0 Å². The Hall–Kier alpha value is -2.01. The fourth-order valence-electron chi connectivity index (χ4n) is 3.42. The molecule has 0 N–H and O–H groups in total. The van der Waals surface area contributed by atoms with Crippen molar-refractivity contribution in [3.05, 3.63) is 51.0 Å². The van der Waals surface area contributed by atoms with Crippen LogP contribution in [0.1, 0.15) is 46.3 Å². The number of benzene rings is 2. The second-order valence-corrected chi connectivity index (χ2v) is 7.14. The maximum atomic E-state index is 12.4. The van der Waals surface area contributed by atoms with Crippen molar-refractivity contribution in [1.29, 1.82) is 0 Å². The molecule has 4 nitrogen and oxygen atoms in total. The maximum Gasteiger partial charge on any atom is 0.167 e. The van der Waals surface area contributed by atoms with Crippen LogP contribution >= 0.6 is 15.9 Å². The SMILES string of the molecule is COc1cc(COc2ccc(C)c3c2C(=O)CC3C)c(OC)cc1Br. The lowest BCUT2D eigenvalue weighted by Crippen LogP contribution is -2.04.